The Balaban J connectivity index is -0.000000393. The Bertz CT molecular complexity index is 443. The standard InChI is InChI=1S/C12H25O.C4H6O7S.Na/c1-3-5-6-7-8-9-10-12-13-11-4-2;5-3(6)1-2(4(7)8)12(9,10)11;/h11H,3-10,12H2,1-2H3;2H,1H2,(H,5,6)(H,7,8)(H,9,10,11);/q-1;;+1. The molecule has 0 rings (SSSR count). The molecule has 1 unspecified atom stereocenters. The Morgan fingerprint density at radius 2 is 1.50 bits per heavy atom. The third kappa shape index (κ3) is 21.9. The van der Waals surface area contributed by atoms with Crippen molar-refractivity contribution >= 4 is 22.1 Å². The van der Waals surface area contributed by atoms with E-state index < -0.39 is 33.7 Å². The summed E-state index contributed by atoms with van der Waals surface area (Å²) >= 11 is 0. The maximum absolute atomic E-state index is 10.2. The molecule has 0 aromatic heterocycles. The minimum atomic E-state index is -4.84. The van der Waals surface area contributed by atoms with E-state index in [-0.39, 0.29) is 29.6 Å². The zero-order valence-electron chi connectivity index (χ0n) is 16.0. The van der Waals surface area contributed by atoms with E-state index in [9.17, 15) is 18.0 Å². The molecule has 0 heterocycles. The Morgan fingerprint density at radius 1 is 1.00 bits per heavy atom. The molecule has 150 valence electrons. The van der Waals surface area contributed by atoms with Crippen molar-refractivity contribution in [1.82, 2.24) is 0 Å². The van der Waals surface area contributed by atoms with Gasteiger partial charge in [0.05, 0.1) is 6.42 Å². The number of carboxylic acids is 2. The average Bonchev–Trinajstić information content (AvgIpc) is 2.50. The van der Waals surface area contributed by atoms with E-state index in [1.807, 2.05) is 6.61 Å². The molecule has 0 fully saturated rings. The molecule has 0 saturated carbocycles. The van der Waals surface area contributed by atoms with Gasteiger partial charge in [-0.1, -0.05) is 52.4 Å². The maximum Gasteiger partial charge on any atom is 1.00 e. The monoisotopic (exact) mass is 406 g/mol. The predicted octanol–water partition coefficient (Wildman–Crippen LogP) is 0.131. The molecule has 0 bridgehead atoms. The first-order valence-electron chi connectivity index (χ1n) is 8.50. The molecule has 0 aliphatic carbocycles. The molecule has 0 aliphatic rings. The number of rotatable bonds is 14. The summed E-state index contributed by atoms with van der Waals surface area (Å²) in [5.41, 5.74) is 0. The minimum Gasteiger partial charge on any atom is -0.552 e. The fourth-order valence-corrected chi connectivity index (χ4v) is 2.43. The first-order valence-corrected chi connectivity index (χ1v) is 10.0. The van der Waals surface area contributed by atoms with Gasteiger partial charge in [0.1, 0.15) is 0 Å². The van der Waals surface area contributed by atoms with Crippen molar-refractivity contribution in [3.05, 3.63) is 6.61 Å². The van der Waals surface area contributed by atoms with Crippen LogP contribution in [0.25, 0.3) is 0 Å². The molecular weight excluding hydrogens is 375 g/mol. The summed E-state index contributed by atoms with van der Waals surface area (Å²) in [4.78, 5) is 20.0. The molecule has 26 heavy (non-hydrogen) atoms. The second kappa shape index (κ2) is 19.6. The topological polar surface area (TPSA) is 138 Å². The fourth-order valence-electron chi connectivity index (χ4n) is 1.82. The van der Waals surface area contributed by atoms with Gasteiger partial charge in [-0.25, -0.2) is 6.61 Å². The normalized spacial score (nSPS) is 11.7. The largest absolute Gasteiger partial charge is 1.00 e. The van der Waals surface area contributed by atoms with Crippen molar-refractivity contribution in [2.45, 2.75) is 76.9 Å². The smallest absolute Gasteiger partial charge is 0.552 e. The van der Waals surface area contributed by atoms with Gasteiger partial charge in [0.2, 0.25) is 0 Å². The van der Waals surface area contributed by atoms with E-state index in [2.05, 4.69) is 13.8 Å². The van der Waals surface area contributed by atoms with E-state index >= 15 is 0 Å². The van der Waals surface area contributed by atoms with Crippen LogP contribution in [0.2, 0.25) is 0 Å². The second-order valence-corrected chi connectivity index (χ2v) is 7.11. The fraction of sp³-hybridized carbons (Fsp3) is 0.812. The number of hydrogen-bond donors (Lipinski definition) is 3. The van der Waals surface area contributed by atoms with Gasteiger partial charge in [-0.3, -0.25) is 14.1 Å². The van der Waals surface area contributed by atoms with E-state index in [1.165, 1.54) is 44.9 Å². The first-order chi connectivity index (χ1) is 11.7. The van der Waals surface area contributed by atoms with Crippen LogP contribution in [0.5, 0.6) is 0 Å². The molecule has 3 N–H and O–H groups in total. The van der Waals surface area contributed by atoms with Crippen molar-refractivity contribution in [2.75, 3.05) is 6.61 Å². The number of carboxylic acid groups (broad SMARTS) is 2. The molecule has 0 radical (unpaired) electrons. The Morgan fingerprint density at radius 3 is 1.85 bits per heavy atom. The number of ether oxygens (including phenoxy) is 1. The van der Waals surface area contributed by atoms with Crippen LogP contribution >= 0.6 is 0 Å². The zero-order valence-corrected chi connectivity index (χ0v) is 18.8. The van der Waals surface area contributed by atoms with Crippen molar-refractivity contribution in [1.29, 1.82) is 0 Å². The summed E-state index contributed by atoms with van der Waals surface area (Å²) in [6, 6.07) is 0. The van der Waals surface area contributed by atoms with Crippen LogP contribution in [0.3, 0.4) is 0 Å². The van der Waals surface area contributed by atoms with Crippen LogP contribution in [0.15, 0.2) is 0 Å². The van der Waals surface area contributed by atoms with Crippen LogP contribution in [-0.2, 0) is 24.4 Å². The number of aliphatic carboxylic acids is 2. The summed E-state index contributed by atoms with van der Waals surface area (Å²) in [7, 11) is -4.84. The van der Waals surface area contributed by atoms with Gasteiger partial charge in [0, 0.05) is 6.61 Å². The molecule has 0 aromatic rings. The first kappa shape index (κ1) is 30.5. The second-order valence-electron chi connectivity index (χ2n) is 5.51. The number of unbranched alkanes of at least 4 members (excludes halogenated alkanes) is 6. The van der Waals surface area contributed by atoms with Crippen molar-refractivity contribution in [2.24, 2.45) is 0 Å². The van der Waals surface area contributed by atoms with Crippen molar-refractivity contribution in [3.63, 3.8) is 0 Å². The Labute approximate surface area is 178 Å². The van der Waals surface area contributed by atoms with Crippen LogP contribution in [0.4, 0.5) is 0 Å². The third-order valence-corrected chi connectivity index (χ3v) is 4.23. The van der Waals surface area contributed by atoms with Crippen molar-refractivity contribution < 1.29 is 67.1 Å². The van der Waals surface area contributed by atoms with Gasteiger partial charge in [-0.05, 0) is 6.42 Å². The molecule has 0 aliphatic heterocycles. The van der Waals surface area contributed by atoms with Gasteiger partial charge in [-0.2, -0.15) is 14.8 Å². The van der Waals surface area contributed by atoms with Crippen LogP contribution in [-0.4, -0.2) is 47.0 Å². The summed E-state index contributed by atoms with van der Waals surface area (Å²) in [5, 5.41) is 13.9. The molecule has 0 saturated heterocycles. The molecule has 10 heteroatoms. The van der Waals surface area contributed by atoms with E-state index in [0.717, 1.165) is 13.0 Å². The summed E-state index contributed by atoms with van der Waals surface area (Å²) in [5.74, 6) is -3.50. The maximum atomic E-state index is 10.2. The van der Waals surface area contributed by atoms with Gasteiger partial charge >= 0.3 is 41.5 Å². The SMILES string of the molecule is CC[CH-]OCCCCCCCCC.O=C(O)CC(C(=O)O)S(=O)(=O)O.[Na+]. The molecule has 0 spiro atoms. The molecule has 8 nitrogen and oxygen atoms in total. The average molecular weight is 406 g/mol. The van der Waals surface area contributed by atoms with Crippen LogP contribution < -0.4 is 29.6 Å². The summed E-state index contributed by atoms with van der Waals surface area (Å²) in [6.45, 7) is 7.18. The van der Waals surface area contributed by atoms with Gasteiger partial charge in [0.25, 0.3) is 10.1 Å². The van der Waals surface area contributed by atoms with Crippen LogP contribution in [0, 0.1) is 6.61 Å². The Hall–Kier alpha value is -0.190. The molecule has 1 atom stereocenters. The van der Waals surface area contributed by atoms with Gasteiger partial charge in [0.15, 0.2) is 5.25 Å². The van der Waals surface area contributed by atoms with Crippen molar-refractivity contribution in [3.8, 4) is 0 Å². The minimum absolute atomic E-state index is 0. The molecular formula is C16H31NaO8S. The zero-order chi connectivity index (χ0) is 19.7. The summed E-state index contributed by atoms with van der Waals surface area (Å²) in [6.07, 6.45) is 9.38. The Kier molecular flexibility index (Phi) is 23.0. The number of carbonyl (C=O) groups is 2. The van der Waals surface area contributed by atoms with E-state index in [0.29, 0.717) is 0 Å². The quantitative estimate of drug-likeness (QED) is 0.160. The molecule has 0 amide bonds. The van der Waals surface area contributed by atoms with Gasteiger partial charge in [-0.15, -0.1) is 0 Å². The van der Waals surface area contributed by atoms with E-state index in [1.54, 1.807) is 0 Å². The molecule has 0 aromatic carbocycles. The summed E-state index contributed by atoms with van der Waals surface area (Å²) < 4.78 is 33.9. The third-order valence-electron chi connectivity index (χ3n) is 3.15. The number of hydrogen-bond acceptors (Lipinski definition) is 5. The predicted molar refractivity (Wildman–Crippen MR) is 93.8 cm³/mol. The van der Waals surface area contributed by atoms with E-state index in [4.69, 9.17) is 19.5 Å². The van der Waals surface area contributed by atoms with Gasteiger partial charge < -0.3 is 14.9 Å². The van der Waals surface area contributed by atoms with Crippen LogP contribution in [0.1, 0.15) is 71.6 Å².